The first-order valence-corrected chi connectivity index (χ1v) is 8.21. The third-order valence-electron chi connectivity index (χ3n) is 3.52. The number of nitrogen functional groups attached to an aromatic ring is 1. The minimum absolute atomic E-state index is 0.0106. The van der Waals surface area contributed by atoms with Crippen LogP contribution in [0.3, 0.4) is 0 Å². The average molecular weight is 393 g/mol. The van der Waals surface area contributed by atoms with E-state index in [0.717, 1.165) is 6.21 Å². The second kappa shape index (κ2) is 7.91. The highest BCUT2D eigenvalue weighted by atomic mass is 35.5. The molecule has 1 aromatic carbocycles. The molecule has 0 bridgehead atoms. The molecule has 1 amide bonds. The van der Waals surface area contributed by atoms with Gasteiger partial charge in [-0.25, -0.2) is 14.4 Å². The maximum atomic E-state index is 13.7. The number of carbonyl (C=O) groups excluding carboxylic acids is 1. The summed E-state index contributed by atoms with van der Waals surface area (Å²) in [6.45, 7) is 1.92. The van der Waals surface area contributed by atoms with Crippen molar-refractivity contribution in [3.05, 3.63) is 46.0 Å². The molecule has 140 valence electrons. The SMILES string of the molecule is CCCc1c(C(=O)NN=Cc2c(F)cccc2Cl)nnn1-c1nonc1N. The van der Waals surface area contributed by atoms with E-state index in [0.29, 0.717) is 18.5 Å². The van der Waals surface area contributed by atoms with Crippen molar-refractivity contribution >= 4 is 29.5 Å². The fraction of sp³-hybridized carbons (Fsp3) is 0.200. The molecule has 3 N–H and O–H groups in total. The number of carbonyl (C=O) groups is 1. The van der Waals surface area contributed by atoms with E-state index < -0.39 is 11.7 Å². The highest BCUT2D eigenvalue weighted by Gasteiger charge is 2.23. The van der Waals surface area contributed by atoms with Gasteiger partial charge in [-0.15, -0.1) is 5.10 Å². The minimum Gasteiger partial charge on any atom is -0.378 e. The zero-order valence-corrected chi connectivity index (χ0v) is 14.8. The number of benzene rings is 1. The Morgan fingerprint density at radius 2 is 2.30 bits per heavy atom. The Bertz CT molecular complexity index is 979. The summed E-state index contributed by atoms with van der Waals surface area (Å²) in [5.41, 5.74) is 8.47. The largest absolute Gasteiger partial charge is 0.378 e. The second-order valence-electron chi connectivity index (χ2n) is 5.35. The van der Waals surface area contributed by atoms with E-state index in [1.54, 1.807) is 0 Å². The molecule has 2 heterocycles. The highest BCUT2D eigenvalue weighted by Crippen LogP contribution is 2.18. The van der Waals surface area contributed by atoms with Gasteiger partial charge in [-0.3, -0.25) is 4.79 Å². The van der Waals surface area contributed by atoms with Crippen molar-refractivity contribution in [2.45, 2.75) is 19.8 Å². The number of aromatic nitrogens is 5. The maximum Gasteiger partial charge on any atom is 0.293 e. The molecule has 27 heavy (non-hydrogen) atoms. The molecule has 10 nitrogen and oxygen atoms in total. The van der Waals surface area contributed by atoms with Crippen LogP contribution in [0.4, 0.5) is 10.2 Å². The number of nitrogens with zero attached hydrogens (tertiary/aromatic N) is 6. The summed E-state index contributed by atoms with van der Waals surface area (Å²) in [7, 11) is 0. The van der Waals surface area contributed by atoms with Crippen LogP contribution in [0.2, 0.25) is 5.02 Å². The van der Waals surface area contributed by atoms with Gasteiger partial charge >= 0.3 is 0 Å². The van der Waals surface area contributed by atoms with E-state index in [1.165, 1.54) is 22.9 Å². The molecule has 0 saturated carbocycles. The summed E-state index contributed by atoms with van der Waals surface area (Å²) in [6.07, 6.45) is 2.27. The number of amides is 1. The number of anilines is 1. The van der Waals surface area contributed by atoms with Gasteiger partial charge in [0.2, 0.25) is 11.6 Å². The van der Waals surface area contributed by atoms with Crippen molar-refractivity contribution in [2.75, 3.05) is 5.73 Å². The lowest BCUT2D eigenvalue weighted by Gasteiger charge is -2.04. The molecule has 0 saturated heterocycles. The topological polar surface area (TPSA) is 137 Å². The normalized spacial score (nSPS) is 11.2. The first kappa shape index (κ1) is 18.5. The molecule has 0 unspecified atom stereocenters. The van der Waals surface area contributed by atoms with Gasteiger partial charge in [0.25, 0.3) is 5.91 Å². The summed E-state index contributed by atoms with van der Waals surface area (Å²) in [4.78, 5) is 12.4. The van der Waals surface area contributed by atoms with Crippen LogP contribution in [0, 0.1) is 5.82 Å². The highest BCUT2D eigenvalue weighted by molar-refractivity contribution is 6.33. The molecular weight excluding hydrogens is 379 g/mol. The number of nitrogens with two attached hydrogens (primary N) is 1. The first-order valence-electron chi connectivity index (χ1n) is 7.83. The van der Waals surface area contributed by atoms with Crippen LogP contribution in [-0.4, -0.2) is 37.4 Å². The number of hydrogen-bond acceptors (Lipinski definition) is 8. The molecule has 0 spiro atoms. The lowest BCUT2D eigenvalue weighted by molar-refractivity contribution is 0.0949. The summed E-state index contributed by atoms with van der Waals surface area (Å²) in [5.74, 6) is -1.06. The van der Waals surface area contributed by atoms with Gasteiger partial charge in [0.05, 0.1) is 16.9 Å². The van der Waals surface area contributed by atoms with Gasteiger partial charge in [0, 0.05) is 5.56 Å². The molecule has 3 rings (SSSR count). The summed E-state index contributed by atoms with van der Waals surface area (Å²) in [6, 6.07) is 4.21. The van der Waals surface area contributed by atoms with Gasteiger partial charge in [0.1, 0.15) is 5.82 Å². The second-order valence-corrected chi connectivity index (χ2v) is 5.76. The van der Waals surface area contributed by atoms with Crippen molar-refractivity contribution in [3.8, 4) is 5.82 Å². The summed E-state index contributed by atoms with van der Waals surface area (Å²) in [5, 5.41) is 18.8. The zero-order chi connectivity index (χ0) is 19.4. The molecule has 0 aliphatic rings. The minimum atomic E-state index is -0.636. The molecular formula is C15H14ClFN8O2. The Balaban J connectivity index is 1.84. The van der Waals surface area contributed by atoms with Crippen molar-refractivity contribution in [2.24, 2.45) is 5.10 Å². The van der Waals surface area contributed by atoms with Crippen LogP contribution in [0.25, 0.3) is 5.82 Å². The quantitative estimate of drug-likeness (QED) is 0.481. The predicted molar refractivity (Wildman–Crippen MR) is 94.1 cm³/mol. The third kappa shape index (κ3) is 3.77. The van der Waals surface area contributed by atoms with Crippen LogP contribution >= 0.6 is 11.6 Å². The summed E-state index contributed by atoms with van der Waals surface area (Å²) >= 11 is 5.90. The van der Waals surface area contributed by atoms with Crippen LogP contribution < -0.4 is 11.2 Å². The molecule has 3 aromatic rings. The molecule has 0 aliphatic heterocycles. The maximum absolute atomic E-state index is 13.7. The number of halogens is 2. The van der Waals surface area contributed by atoms with E-state index in [2.05, 4.69) is 35.8 Å². The molecule has 12 heteroatoms. The summed E-state index contributed by atoms with van der Waals surface area (Å²) < 4.78 is 19.5. The number of hydrogen-bond donors (Lipinski definition) is 2. The van der Waals surface area contributed by atoms with E-state index in [1.807, 2.05) is 6.92 Å². The van der Waals surface area contributed by atoms with Crippen LogP contribution in [0.1, 0.15) is 35.1 Å². The van der Waals surface area contributed by atoms with Crippen LogP contribution in [0.15, 0.2) is 27.9 Å². The standard InChI is InChI=1S/C15H14ClFN8O2/c1-2-4-11-12(20-24-25(11)14-13(18)22-27-23-14)15(26)21-19-7-8-9(16)5-3-6-10(8)17/h3,5-7H,2,4H2,1H3,(H2,18,22)(H,21,26). The third-order valence-corrected chi connectivity index (χ3v) is 3.85. The van der Waals surface area contributed by atoms with E-state index in [9.17, 15) is 9.18 Å². The number of rotatable bonds is 6. The Kier molecular flexibility index (Phi) is 5.41. The fourth-order valence-corrected chi connectivity index (χ4v) is 2.50. The monoisotopic (exact) mass is 392 g/mol. The van der Waals surface area contributed by atoms with Gasteiger partial charge in [-0.2, -0.15) is 9.78 Å². The van der Waals surface area contributed by atoms with Crippen molar-refractivity contribution in [1.82, 2.24) is 30.7 Å². The first-order chi connectivity index (χ1) is 13.0. The smallest absolute Gasteiger partial charge is 0.293 e. The molecule has 0 aliphatic carbocycles. The number of hydrazone groups is 1. The average Bonchev–Trinajstić information content (AvgIpc) is 3.23. The van der Waals surface area contributed by atoms with E-state index in [4.69, 9.17) is 17.3 Å². The van der Waals surface area contributed by atoms with Crippen LogP contribution in [0.5, 0.6) is 0 Å². The molecule has 0 fully saturated rings. The number of nitrogens with one attached hydrogen (secondary N) is 1. The molecule has 0 radical (unpaired) electrons. The zero-order valence-electron chi connectivity index (χ0n) is 14.1. The lowest BCUT2D eigenvalue weighted by Crippen LogP contribution is -2.20. The Hall–Kier alpha value is -3.34. The Morgan fingerprint density at radius 1 is 1.48 bits per heavy atom. The van der Waals surface area contributed by atoms with Gasteiger partial charge in [-0.05, 0) is 28.9 Å². The Morgan fingerprint density at radius 3 is 2.96 bits per heavy atom. The molecule has 0 atom stereocenters. The van der Waals surface area contributed by atoms with Crippen molar-refractivity contribution in [1.29, 1.82) is 0 Å². The fourth-order valence-electron chi connectivity index (χ4n) is 2.29. The van der Waals surface area contributed by atoms with E-state index >= 15 is 0 Å². The Labute approximate surface area is 157 Å². The lowest BCUT2D eigenvalue weighted by atomic mass is 10.2. The van der Waals surface area contributed by atoms with Crippen molar-refractivity contribution < 1.29 is 13.8 Å². The van der Waals surface area contributed by atoms with E-state index in [-0.39, 0.29) is 27.9 Å². The van der Waals surface area contributed by atoms with Crippen LogP contribution in [-0.2, 0) is 6.42 Å². The van der Waals surface area contributed by atoms with Crippen molar-refractivity contribution in [3.63, 3.8) is 0 Å². The van der Waals surface area contributed by atoms with Gasteiger partial charge < -0.3 is 5.73 Å². The molecule has 2 aromatic heterocycles. The van der Waals surface area contributed by atoms with Gasteiger partial charge in [-0.1, -0.05) is 36.2 Å². The van der Waals surface area contributed by atoms with Gasteiger partial charge in [0.15, 0.2) is 5.69 Å². The predicted octanol–water partition coefficient (Wildman–Crippen LogP) is 1.74.